The number of hydrogen-bond acceptors (Lipinski definition) is 3. The Morgan fingerprint density at radius 1 is 1.12 bits per heavy atom. The molecule has 0 aromatic carbocycles. The van der Waals surface area contributed by atoms with Crippen LogP contribution in [0.4, 0.5) is 0 Å². The first-order chi connectivity index (χ1) is 8.18. The SMILES string of the molecule is O=C(O)C1CCCC1C(=O)NC1CCCSC1. The van der Waals surface area contributed by atoms with Crippen LogP contribution in [0.1, 0.15) is 32.1 Å². The molecule has 1 saturated carbocycles. The summed E-state index contributed by atoms with van der Waals surface area (Å²) in [7, 11) is 0. The van der Waals surface area contributed by atoms with Crippen LogP contribution < -0.4 is 5.32 Å². The predicted octanol–water partition coefficient (Wildman–Crippen LogP) is 1.50. The standard InChI is InChI=1S/C12H19NO3S/c14-11(13-8-3-2-6-17-7-8)9-4-1-5-10(9)12(15)16/h8-10H,1-7H2,(H,13,14)(H,15,16). The van der Waals surface area contributed by atoms with Crippen molar-refractivity contribution in [3.05, 3.63) is 0 Å². The summed E-state index contributed by atoms with van der Waals surface area (Å²) in [6.07, 6.45) is 4.40. The molecule has 0 radical (unpaired) electrons. The molecule has 0 bridgehead atoms. The summed E-state index contributed by atoms with van der Waals surface area (Å²) < 4.78 is 0. The predicted molar refractivity (Wildman–Crippen MR) is 67.0 cm³/mol. The van der Waals surface area contributed by atoms with Crippen LogP contribution in [0.2, 0.25) is 0 Å². The molecule has 2 fully saturated rings. The fourth-order valence-electron chi connectivity index (χ4n) is 2.73. The van der Waals surface area contributed by atoms with Crippen LogP contribution in [0.15, 0.2) is 0 Å². The third-order valence-corrected chi connectivity index (χ3v) is 4.89. The molecule has 17 heavy (non-hydrogen) atoms. The van der Waals surface area contributed by atoms with Crippen molar-refractivity contribution in [2.45, 2.75) is 38.1 Å². The van der Waals surface area contributed by atoms with Gasteiger partial charge in [-0.15, -0.1) is 0 Å². The second kappa shape index (κ2) is 5.76. The maximum atomic E-state index is 12.0. The zero-order chi connectivity index (χ0) is 12.3. The van der Waals surface area contributed by atoms with E-state index in [9.17, 15) is 9.59 Å². The van der Waals surface area contributed by atoms with E-state index >= 15 is 0 Å². The van der Waals surface area contributed by atoms with E-state index in [-0.39, 0.29) is 17.9 Å². The molecule has 2 rings (SSSR count). The minimum absolute atomic E-state index is 0.0394. The molecule has 2 aliphatic rings. The number of rotatable bonds is 3. The monoisotopic (exact) mass is 257 g/mol. The van der Waals surface area contributed by atoms with Gasteiger partial charge in [0.2, 0.25) is 5.91 Å². The Balaban J connectivity index is 1.88. The highest BCUT2D eigenvalue weighted by Crippen LogP contribution is 2.32. The first-order valence-corrected chi connectivity index (χ1v) is 7.45. The Bertz CT molecular complexity index is 302. The first kappa shape index (κ1) is 12.7. The van der Waals surface area contributed by atoms with Gasteiger partial charge in [-0.3, -0.25) is 9.59 Å². The maximum absolute atomic E-state index is 12.0. The molecule has 1 aliphatic carbocycles. The van der Waals surface area contributed by atoms with Crippen LogP contribution in [0, 0.1) is 11.8 Å². The van der Waals surface area contributed by atoms with E-state index in [0.29, 0.717) is 6.42 Å². The van der Waals surface area contributed by atoms with Gasteiger partial charge in [0.1, 0.15) is 0 Å². The van der Waals surface area contributed by atoms with E-state index in [1.54, 1.807) is 0 Å². The number of amides is 1. The Morgan fingerprint density at radius 2 is 1.88 bits per heavy atom. The molecule has 96 valence electrons. The molecule has 1 heterocycles. The Kier molecular flexibility index (Phi) is 4.31. The van der Waals surface area contributed by atoms with Gasteiger partial charge in [-0.1, -0.05) is 6.42 Å². The minimum Gasteiger partial charge on any atom is -0.481 e. The summed E-state index contributed by atoms with van der Waals surface area (Å²) in [6, 6.07) is 0.247. The number of carbonyl (C=O) groups is 2. The first-order valence-electron chi connectivity index (χ1n) is 6.29. The zero-order valence-electron chi connectivity index (χ0n) is 9.85. The normalized spacial score (nSPS) is 33.3. The average Bonchev–Trinajstić information content (AvgIpc) is 2.79. The Labute approximate surface area is 106 Å². The summed E-state index contributed by atoms with van der Waals surface area (Å²) in [5, 5.41) is 12.1. The highest BCUT2D eigenvalue weighted by molar-refractivity contribution is 7.99. The van der Waals surface area contributed by atoms with Crippen molar-refractivity contribution in [3.63, 3.8) is 0 Å². The number of hydrogen-bond donors (Lipinski definition) is 2. The highest BCUT2D eigenvalue weighted by Gasteiger charge is 2.38. The van der Waals surface area contributed by atoms with E-state index < -0.39 is 11.9 Å². The van der Waals surface area contributed by atoms with E-state index in [2.05, 4.69) is 5.32 Å². The second-order valence-electron chi connectivity index (χ2n) is 4.90. The largest absolute Gasteiger partial charge is 0.481 e. The molecule has 3 unspecified atom stereocenters. The van der Waals surface area contributed by atoms with Crippen molar-refractivity contribution in [1.82, 2.24) is 5.32 Å². The number of carboxylic acid groups (broad SMARTS) is 1. The van der Waals surface area contributed by atoms with Crippen molar-refractivity contribution in [3.8, 4) is 0 Å². The quantitative estimate of drug-likeness (QED) is 0.804. The van der Waals surface area contributed by atoms with Gasteiger partial charge in [-0.2, -0.15) is 11.8 Å². The van der Waals surface area contributed by atoms with E-state index in [1.165, 1.54) is 5.75 Å². The lowest BCUT2D eigenvalue weighted by molar-refractivity contribution is -0.146. The molecule has 5 heteroatoms. The molecular formula is C12H19NO3S. The average molecular weight is 257 g/mol. The van der Waals surface area contributed by atoms with E-state index in [1.807, 2.05) is 11.8 Å². The third-order valence-electron chi connectivity index (χ3n) is 3.68. The van der Waals surface area contributed by atoms with Crippen LogP contribution in [0.25, 0.3) is 0 Å². The van der Waals surface area contributed by atoms with Gasteiger partial charge in [0.25, 0.3) is 0 Å². The van der Waals surface area contributed by atoms with Gasteiger partial charge in [-0.05, 0) is 31.4 Å². The van der Waals surface area contributed by atoms with Crippen LogP contribution in [0.5, 0.6) is 0 Å². The van der Waals surface area contributed by atoms with Crippen LogP contribution in [-0.2, 0) is 9.59 Å². The fourth-order valence-corrected chi connectivity index (χ4v) is 3.80. The molecule has 0 aromatic heterocycles. The van der Waals surface area contributed by atoms with Crippen LogP contribution in [-0.4, -0.2) is 34.5 Å². The lowest BCUT2D eigenvalue weighted by Crippen LogP contribution is -2.43. The molecule has 0 aromatic rings. The number of carbonyl (C=O) groups excluding carboxylic acids is 1. The zero-order valence-corrected chi connectivity index (χ0v) is 10.7. The van der Waals surface area contributed by atoms with Gasteiger partial charge in [-0.25, -0.2) is 0 Å². The lowest BCUT2D eigenvalue weighted by atomic mass is 9.95. The van der Waals surface area contributed by atoms with Gasteiger partial charge >= 0.3 is 5.97 Å². The Hall–Kier alpha value is -0.710. The smallest absolute Gasteiger partial charge is 0.307 e. The van der Waals surface area contributed by atoms with Crippen molar-refractivity contribution in [1.29, 1.82) is 0 Å². The summed E-state index contributed by atoms with van der Waals surface area (Å²) in [6.45, 7) is 0. The molecule has 1 saturated heterocycles. The van der Waals surface area contributed by atoms with Crippen LogP contribution >= 0.6 is 11.8 Å². The third kappa shape index (κ3) is 3.15. The molecule has 1 amide bonds. The summed E-state index contributed by atoms with van der Waals surface area (Å²) in [5.41, 5.74) is 0. The minimum atomic E-state index is -0.819. The van der Waals surface area contributed by atoms with Crippen molar-refractivity contribution < 1.29 is 14.7 Å². The van der Waals surface area contributed by atoms with Gasteiger partial charge in [0.15, 0.2) is 0 Å². The summed E-state index contributed by atoms with van der Waals surface area (Å²) in [5.74, 6) is 0.512. The molecule has 0 spiro atoms. The van der Waals surface area contributed by atoms with Crippen LogP contribution in [0.3, 0.4) is 0 Å². The van der Waals surface area contributed by atoms with Crippen molar-refractivity contribution in [2.24, 2.45) is 11.8 Å². The lowest BCUT2D eigenvalue weighted by Gasteiger charge is -2.25. The number of nitrogens with one attached hydrogen (secondary N) is 1. The van der Waals surface area contributed by atoms with Gasteiger partial charge in [0, 0.05) is 11.8 Å². The Morgan fingerprint density at radius 3 is 2.53 bits per heavy atom. The van der Waals surface area contributed by atoms with E-state index in [0.717, 1.165) is 31.4 Å². The highest BCUT2D eigenvalue weighted by atomic mass is 32.2. The fraction of sp³-hybridized carbons (Fsp3) is 0.833. The molecule has 1 aliphatic heterocycles. The topological polar surface area (TPSA) is 66.4 Å². The maximum Gasteiger partial charge on any atom is 0.307 e. The number of aliphatic carboxylic acids is 1. The van der Waals surface area contributed by atoms with E-state index in [4.69, 9.17) is 5.11 Å². The molecule has 3 atom stereocenters. The molecular weight excluding hydrogens is 238 g/mol. The molecule has 2 N–H and O–H groups in total. The number of thioether (sulfide) groups is 1. The van der Waals surface area contributed by atoms with Gasteiger partial charge in [0.05, 0.1) is 11.8 Å². The summed E-state index contributed by atoms with van der Waals surface area (Å²) >= 11 is 1.86. The second-order valence-corrected chi connectivity index (χ2v) is 6.05. The molecule has 4 nitrogen and oxygen atoms in total. The summed E-state index contributed by atoms with van der Waals surface area (Å²) in [4.78, 5) is 23.1. The van der Waals surface area contributed by atoms with Crippen molar-refractivity contribution in [2.75, 3.05) is 11.5 Å². The van der Waals surface area contributed by atoms with Crippen molar-refractivity contribution >= 4 is 23.6 Å². The number of carboxylic acids is 1. The van der Waals surface area contributed by atoms with Gasteiger partial charge < -0.3 is 10.4 Å².